The van der Waals surface area contributed by atoms with E-state index in [1.165, 1.54) is 6.26 Å². The lowest BCUT2D eigenvalue weighted by atomic mass is 10.1. The van der Waals surface area contributed by atoms with Crippen molar-refractivity contribution in [2.45, 2.75) is 31.0 Å². The number of hydrogen-bond donors (Lipinski definition) is 1. The Morgan fingerprint density at radius 1 is 1.04 bits per heavy atom. The molecule has 140 valence electrons. The number of ether oxygens (including phenoxy) is 2. The molecule has 6 nitrogen and oxygen atoms in total. The van der Waals surface area contributed by atoms with E-state index in [4.69, 9.17) is 14.6 Å². The maximum Gasteiger partial charge on any atom is 0.333 e. The van der Waals surface area contributed by atoms with Gasteiger partial charge < -0.3 is 14.6 Å². The van der Waals surface area contributed by atoms with Gasteiger partial charge in [-0.25, -0.2) is 13.2 Å². The predicted octanol–water partition coefficient (Wildman–Crippen LogP) is 2.70. The van der Waals surface area contributed by atoms with Crippen molar-refractivity contribution in [1.29, 1.82) is 0 Å². The molecule has 0 bridgehead atoms. The Bertz CT molecular complexity index is 825. The third-order valence-electron chi connectivity index (χ3n) is 3.74. The van der Waals surface area contributed by atoms with Gasteiger partial charge in [-0.15, -0.1) is 0 Å². The minimum absolute atomic E-state index is 0.271. The van der Waals surface area contributed by atoms with Crippen LogP contribution in [-0.2, 0) is 32.4 Å². The fourth-order valence-electron chi connectivity index (χ4n) is 2.35. The summed E-state index contributed by atoms with van der Waals surface area (Å²) >= 11 is 0. The first-order chi connectivity index (χ1) is 12.3. The van der Waals surface area contributed by atoms with Gasteiger partial charge in [0.05, 0.1) is 4.90 Å². The van der Waals surface area contributed by atoms with E-state index < -0.39 is 21.9 Å². The maximum atomic E-state index is 11.4. The largest absolute Gasteiger partial charge is 0.489 e. The van der Waals surface area contributed by atoms with Crippen molar-refractivity contribution in [2.24, 2.45) is 0 Å². The molecule has 0 spiro atoms. The van der Waals surface area contributed by atoms with Crippen LogP contribution in [0.1, 0.15) is 18.1 Å². The van der Waals surface area contributed by atoms with Gasteiger partial charge in [-0.1, -0.05) is 24.3 Å². The molecule has 0 radical (unpaired) electrons. The zero-order valence-corrected chi connectivity index (χ0v) is 15.5. The van der Waals surface area contributed by atoms with E-state index in [-0.39, 0.29) is 11.3 Å². The summed E-state index contributed by atoms with van der Waals surface area (Å²) in [5, 5.41) is 9.11. The van der Waals surface area contributed by atoms with Crippen LogP contribution in [0.4, 0.5) is 0 Å². The number of rotatable bonds is 9. The van der Waals surface area contributed by atoms with E-state index in [1.54, 1.807) is 55.5 Å². The minimum Gasteiger partial charge on any atom is -0.489 e. The summed E-state index contributed by atoms with van der Waals surface area (Å²) in [5.41, 5.74) is 1.69. The number of sulfone groups is 1. The molecule has 0 aliphatic rings. The molecular weight excluding hydrogens is 356 g/mol. The molecular formula is C19H22O6S. The van der Waals surface area contributed by atoms with Crippen LogP contribution in [0.2, 0.25) is 0 Å². The van der Waals surface area contributed by atoms with Gasteiger partial charge in [0.1, 0.15) is 12.4 Å². The normalized spacial score (nSPS) is 12.5. The average Bonchev–Trinajstić information content (AvgIpc) is 2.60. The molecule has 1 unspecified atom stereocenters. The first-order valence-corrected chi connectivity index (χ1v) is 10.0. The summed E-state index contributed by atoms with van der Waals surface area (Å²) < 4.78 is 33.8. The molecule has 0 aliphatic carbocycles. The third kappa shape index (κ3) is 5.86. The molecule has 0 aromatic heterocycles. The summed E-state index contributed by atoms with van der Waals surface area (Å²) in [7, 11) is -3.20. The first kappa shape index (κ1) is 19.9. The highest BCUT2D eigenvalue weighted by Crippen LogP contribution is 2.17. The molecule has 26 heavy (non-hydrogen) atoms. The monoisotopic (exact) mass is 378 g/mol. The van der Waals surface area contributed by atoms with E-state index in [2.05, 4.69) is 0 Å². The Morgan fingerprint density at radius 3 is 2.12 bits per heavy atom. The van der Waals surface area contributed by atoms with Gasteiger partial charge >= 0.3 is 5.97 Å². The molecule has 0 aliphatic heterocycles. The fourth-order valence-corrected chi connectivity index (χ4v) is 2.98. The molecule has 2 aromatic carbocycles. The lowest BCUT2D eigenvalue weighted by molar-refractivity contribution is -0.149. The number of hydrogen-bond acceptors (Lipinski definition) is 5. The lowest BCUT2D eigenvalue weighted by Crippen LogP contribution is -2.26. The second kappa shape index (κ2) is 8.82. The van der Waals surface area contributed by atoms with Crippen LogP contribution in [0.15, 0.2) is 53.4 Å². The topological polar surface area (TPSA) is 89.9 Å². The molecule has 2 rings (SSSR count). The number of carbonyl (C=O) groups is 1. The van der Waals surface area contributed by atoms with Crippen LogP contribution >= 0.6 is 0 Å². The van der Waals surface area contributed by atoms with Gasteiger partial charge in [0.2, 0.25) is 0 Å². The van der Waals surface area contributed by atoms with Crippen molar-refractivity contribution in [3.05, 3.63) is 59.7 Å². The standard InChI is InChI=1S/C19H22O6S/c1-3-24-18(19(20)21)12-14-4-8-16(9-5-14)25-13-15-6-10-17(11-7-15)26(2,22)23/h4-11,18H,3,12-13H2,1-2H3,(H,20,21). The lowest BCUT2D eigenvalue weighted by Gasteiger charge is -2.13. The third-order valence-corrected chi connectivity index (χ3v) is 4.87. The van der Waals surface area contributed by atoms with Crippen molar-refractivity contribution >= 4 is 15.8 Å². The van der Waals surface area contributed by atoms with Crippen LogP contribution < -0.4 is 4.74 Å². The predicted molar refractivity (Wildman–Crippen MR) is 97.1 cm³/mol. The zero-order chi connectivity index (χ0) is 19.2. The van der Waals surface area contributed by atoms with Gasteiger partial charge in [0.15, 0.2) is 15.9 Å². The summed E-state index contributed by atoms with van der Waals surface area (Å²) in [5.74, 6) is -0.339. The minimum atomic E-state index is -3.20. The van der Waals surface area contributed by atoms with E-state index in [1.807, 2.05) is 0 Å². The molecule has 0 fully saturated rings. The second-order valence-corrected chi connectivity index (χ2v) is 7.85. The molecule has 0 saturated carbocycles. The van der Waals surface area contributed by atoms with Gasteiger partial charge in [-0.3, -0.25) is 0 Å². The van der Waals surface area contributed by atoms with Crippen molar-refractivity contribution < 1.29 is 27.8 Å². The first-order valence-electron chi connectivity index (χ1n) is 8.14. The quantitative estimate of drug-likeness (QED) is 0.722. The number of carboxylic acids is 1. The Kier molecular flexibility index (Phi) is 6.76. The fraction of sp³-hybridized carbons (Fsp3) is 0.316. The van der Waals surface area contributed by atoms with E-state index in [0.29, 0.717) is 19.0 Å². The molecule has 0 amide bonds. The molecule has 1 atom stereocenters. The van der Waals surface area contributed by atoms with Crippen molar-refractivity contribution in [3.63, 3.8) is 0 Å². The summed E-state index contributed by atoms with van der Waals surface area (Å²) in [6.07, 6.45) is 0.594. The summed E-state index contributed by atoms with van der Waals surface area (Å²) in [6, 6.07) is 13.7. The SMILES string of the molecule is CCOC(Cc1ccc(OCc2ccc(S(C)(=O)=O)cc2)cc1)C(=O)O. The summed E-state index contributed by atoms with van der Waals surface area (Å²) in [6.45, 7) is 2.41. The average molecular weight is 378 g/mol. The molecule has 7 heteroatoms. The van der Waals surface area contributed by atoms with Crippen LogP contribution in [0, 0.1) is 0 Å². The van der Waals surface area contributed by atoms with E-state index in [0.717, 1.165) is 11.1 Å². The zero-order valence-electron chi connectivity index (χ0n) is 14.7. The Labute approximate surface area is 153 Å². The Morgan fingerprint density at radius 2 is 1.62 bits per heavy atom. The Hall–Kier alpha value is -2.38. The highest BCUT2D eigenvalue weighted by atomic mass is 32.2. The summed E-state index contributed by atoms with van der Waals surface area (Å²) in [4.78, 5) is 11.4. The number of carboxylic acid groups (broad SMARTS) is 1. The number of aliphatic carboxylic acids is 1. The maximum absolute atomic E-state index is 11.4. The number of benzene rings is 2. The molecule has 0 saturated heterocycles. The van der Waals surface area contributed by atoms with Gasteiger partial charge in [0.25, 0.3) is 0 Å². The van der Waals surface area contributed by atoms with Crippen LogP contribution in [0.25, 0.3) is 0 Å². The highest BCUT2D eigenvalue weighted by molar-refractivity contribution is 7.90. The highest BCUT2D eigenvalue weighted by Gasteiger charge is 2.17. The molecule has 2 aromatic rings. The van der Waals surface area contributed by atoms with Crippen LogP contribution in [0.3, 0.4) is 0 Å². The van der Waals surface area contributed by atoms with Gasteiger partial charge in [-0.05, 0) is 42.3 Å². The molecule has 1 N–H and O–H groups in total. The smallest absolute Gasteiger partial charge is 0.333 e. The molecule has 0 heterocycles. The van der Waals surface area contributed by atoms with Crippen molar-refractivity contribution in [2.75, 3.05) is 12.9 Å². The van der Waals surface area contributed by atoms with Crippen molar-refractivity contribution in [3.8, 4) is 5.75 Å². The van der Waals surface area contributed by atoms with Gasteiger partial charge in [-0.2, -0.15) is 0 Å². The van der Waals surface area contributed by atoms with Gasteiger partial charge in [0, 0.05) is 19.3 Å². The second-order valence-electron chi connectivity index (χ2n) is 5.84. The van der Waals surface area contributed by atoms with E-state index in [9.17, 15) is 13.2 Å². The van der Waals surface area contributed by atoms with Crippen LogP contribution in [-0.4, -0.2) is 38.5 Å². The Balaban J connectivity index is 1.94. The van der Waals surface area contributed by atoms with Crippen LogP contribution in [0.5, 0.6) is 5.75 Å². The van der Waals surface area contributed by atoms with Crippen molar-refractivity contribution in [1.82, 2.24) is 0 Å². The van der Waals surface area contributed by atoms with E-state index >= 15 is 0 Å².